The average Bonchev–Trinajstić information content (AvgIpc) is 2.46. The van der Waals surface area contributed by atoms with Crippen LogP contribution in [0.15, 0.2) is 18.2 Å². The van der Waals surface area contributed by atoms with Gasteiger partial charge in [0.15, 0.2) is 11.5 Å². The lowest BCUT2D eigenvalue weighted by Crippen LogP contribution is -2.32. The first-order valence-electron chi connectivity index (χ1n) is 6.72. The molecule has 0 bridgehead atoms. The van der Waals surface area contributed by atoms with E-state index in [1.54, 1.807) is 26.2 Å². The van der Waals surface area contributed by atoms with Gasteiger partial charge in [0.25, 0.3) is 0 Å². The average molecular weight is 280 g/mol. The van der Waals surface area contributed by atoms with Crippen molar-refractivity contribution in [3.8, 4) is 11.5 Å². The van der Waals surface area contributed by atoms with Crippen molar-refractivity contribution in [1.29, 1.82) is 0 Å². The van der Waals surface area contributed by atoms with Gasteiger partial charge in [-0.25, -0.2) is 0 Å². The Morgan fingerprint density at radius 2 is 1.95 bits per heavy atom. The summed E-state index contributed by atoms with van der Waals surface area (Å²) in [6.07, 6.45) is 1.18. The number of nitrogens with two attached hydrogens (primary N) is 1. The maximum absolute atomic E-state index is 12.0. The second-order valence-corrected chi connectivity index (χ2v) is 4.81. The minimum atomic E-state index is -0.0737. The predicted molar refractivity (Wildman–Crippen MR) is 78.9 cm³/mol. The van der Waals surface area contributed by atoms with E-state index in [4.69, 9.17) is 15.2 Å². The van der Waals surface area contributed by atoms with Gasteiger partial charge in [-0.15, -0.1) is 0 Å². The van der Waals surface area contributed by atoms with E-state index >= 15 is 0 Å². The van der Waals surface area contributed by atoms with E-state index in [-0.39, 0.29) is 11.9 Å². The molecule has 1 rings (SSSR count). The van der Waals surface area contributed by atoms with Crippen LogP contribution in [0.2, 0.25) is 0 Å². The quantitative estimate of drug-likeness (QED) is 0.827. The highest BCUT2D eigenvalue weighted by molar-refractivity contribution is 5.76. The van der Waals surface area contributed by atoms with Gasteiger partial charge in [0, 0.05) is 26.1 Å². The van der Waals surface area contributed by atoms with E-state index in [1.165, 1.54) is 0 Å². The lowest BCUT2D eigenvalue weighted by molar-refractivity contribution is -0.130. The van der Waals surface area contributed by atoms with Crippen LogP contribution in [0.3, 0.4) is 0 Å². The van der Waals surface area contributed by atoms with Crippen LogP contribution in [0.25, 0.3) is 0 Å². The molecule has 1 aromatic rings. The number of benzene rings is 1. The monoisotopic (exact) mass is 280 g/mol. The molecular weight excluding hydrogens is 256 g/mol. The maximum atomic E-state index is 12.0. The fourth-order valence-electron chi connectivity index (χ4n) is 1.87. The first kappa shape index (κ1) is 16.3. The third kappa shape index (κ3) is 4.42. The Bertz CT molecular complexity index is 449. The van der Waals surface area contributed by atoms with Crippen LogP contribution in [0.1, 0.15) is 25.3 Å². The van der Waals surface area contributed by atoms with Crippen molar-refractivity contribution in [3.05, 3.63) is 23.8 Å². The molecule has 0 radical (unpaired) electrons. The van der Waals surface area contributed by atoms with Gasteiger partial charge in [-0.3, -0.25) is 4.79 Å². The van der Waals surface area contributed by atoms with E-state index in [9.17, 15) is 4.79 Å². The molecule has 1 amide bonds. The van der Waals surface area contributed by atoms with Crippen LogP contribution < -0.4 is 15.2 Å². The molecule has 0 fully saturated rings. The van der Waals surface area contributed by atoms with Crippen LogP contribution in [0, 0.1) is 0 Å². The maximum Gasteiger partial charge on any atom is 0.224 e. The van der Waals surface area contributed by atoms with Crippen molar-refractivity contribution < 1.29 is 14.3 Å². The third-order valence-electron chi connectivity index (χ3n) is 3.25. The standard InChI is InChI=1S/C15H24N2O3/c1-5-12(16)9-15(18)17(2)10-11-6-7-13(19-3)14(8-11)20-4/h6-8,12H,5,9-10,16H2,1-4H3. The lowest BCUT2D eigenvalue weighted by atomic mass is 10.1. The van der Waals surface area contributed by atoms with Gasteiger partial charge in [-0.1, -0.05) is 13.0 Å². The summed E-state index contributed by atoms with van der Waals surface area (Å²) in [5, 5.41) is 0. The molecule has 1 unspecified atom stereocenters. The Balaban J connectivity index is 2.70. The number of hydrogen-bond donors (Lipinski definition) is 1. The van der Waals surface area contributed by atoms with Gasteiger partial charge in [0.1, 0.15) is 0 Å². The molecule has 0 aliphatic rings. The normalized spacial score (nSPS) is 11.8. The molecule has 2 N–H and O–H groups in total. The van der Waals surface area contributed by atoms with Crippen molar-refractivity contribution >= 4 is 5.91 Å². The Kier molecular flexibility index (Phi) is 6.31. The molecule has 0 saturated heterocycles. The lowest BCUT2D eigenvalue weighted by Gasteiger charge is -2.20. The summed E-state index contributed by atoms with van der Waals surface area (Å²) in [6.45, 7) is 2.50. The number of methoxy groups -OCH3 is 2. The van der Waals surface area contributed by atoms with E-state index in [0.29, 0.717) is 24.5 Å². The molecule has 1 aromatic carbocycles. The van der Waals surface area contributed by atoms with Gasteiger partial charge in [-0.2, -0.15) is 0 Å². The number of carbonyl (C=O) groups is 1. The van der Waals surface area contributed by atoms with Gasteiger partial charge in [0.2, 0.25) is 5.91 Å². The summed E-state index contributed by atoms with van der Waals surface area (Å²) < 4.78 is 10.4. The molecule has 20 heavy (non-hydrogen) atoms. The minimum absolute atomic E-state index is 0.0501. The molecule has 5 nitrogen and oxygen atoms in total. The number of carbonyl (C=O) groups excluding carboxylic acids is 1. The first-order valence-corrected chi connectivity index (χ1v) is 6.72. The highest BCUT2D eigenvalue weighted by Gasteiger charge is 2.14. The fraction of sp³-hybridized carbons (Fsp3) is 0.533. The first-order chi connectivity index (χ1) is 9.51. The van der Waals surface area contributed by atoms with Crippen molar-refractivity contribution in [2.75, 3.05) is 21.3 Å². The van der Waals surface area contributed by atoms with Crippen LogP contribution in [-0.4, -0.2) is 38.1 Å². The van der Waals surface area contributed by atoms with Gasteiger partial charge in [-0.05, 0) is 24.1 Å². The summed E-state index contributed by atoms with van der Waals surface area (Å²) in [4.78, 5) is 13.7. The Morgan fingerprint density at radius 3 is 2.50 bits per heavy atom. The highest BCUT2D eigenvalue weighted by atomic mass is 16.5. The van der Waals surface area contributed by atoms with E-state index in [1.807, 2.05) is 25.1 Å². The Labute approximate surface area is 120 Å². The molecule has 0 aliphatic heterocycles. The van der Waals surface area contributed by atoms with Crippen LogP contribution >= 0.6 is 0 Å². The molecule has 5 heteroatoms. The molecule has 0 aliphatic carbocycles. The Morgan fingerprint density at radius 1 is 1.30 bits per heavy atom. The summed E-state index contributed by atoms with van der Waals surface area (Å²) >= 11 is 0. The van der Waals surface area contributed by atoms with Gasteiger partial charge < -0.3 is 20.1 Å². The number of hydrogen-bond acceptors (Lipinski definition) is 4. The Hall–Kier alpha value is -1.75. The summed E-state index contributed by atoms with van der Waals surface area (Å²) in [6, 6.07) is 5.56. The van der Waals surface area contributed by atoms with E-state index < -0.39 is 0 Å². The zero-order chi connectivity index (χ0) is 15.1. The zero-order valence-corrected chi connectivity index (χ0v) is 12.7. The van der Waals surface area contributed by atoms with Gasteiger partial charge >= 0.3 is 0 Å². The summed E-state index contributed by atoms with van der Waals surface area (Å²) in [7, 11) is 4.97. The highest BCUT2D eigenvalue weighted by Crippen LogP contribution is 2.27. The van der Waals surface area contributed by atoms with Crippen LogP contribution in [0.5, 0.6) is 11.5 Å². The van der Waals surface area contributed by atoms with Crippen molar-refractivity contribution in [1.82, 2.24) is 4.90 Å². The molecule has 0 aromatic heterocycles. The molecule has 1 atom stereocenters. The largest absolute Gasteiger partial charge is 0.493 e. The zero-order valence-electron chi connectivity index (χ0n) is 12.7. The number of rotatable bonds is 7. The summed E-state index contributed by atoms with van der Waals surface area (Å²) in [5.41, 5.74) is 6.79. The van der Waals surface area contributed by atoms with E-state index in [0.717, 1.165) is 12.0 Å². The molecule has 112 valence electrons. The molecular formula is C15H24N2O3. The predicted octanol–water partition coefficient (Wildman–Crippen LogP) is 1.79. The van der Waals surface area contributed by atoms with Crippen molar-refractivity contribution in [2.24, 2.45) is 5.73 Å². The van der Waals surface area contributed by atoms with Crippen molar-refractivity contribution in [2.45, 2.75) is 32.4 Å². The number of ether oxygens (including phenoxy) is 2. The third-order valence-corrected chi connectivity index (χ3v) is 3.25. The summed E-state index contributed by atoms with van der Waals surface area (Å²) in [5.74, 6) is 1.39. The number of amides is 1. The topological polar surface area (TPSA) is 64.8 Å². The van der Waals surface area contributed by atoms with Crippen LogP contribution in [-0.2, 0) is 11.3 Å². The van der Waals surface area contributed by atoms with Gasteiger partial charge in [0.05, 0.1) is 14.2 Å². The second-order valence-electron chi connectivity index (χ2n) is 4.81. The second kappa shape index (κ2) is 7.75. The molecule has 0 heterocycles. The minimum Gasteiger partial charge on any atom is -0.493 e. The number of nitrogens with zero attached hydrogens (tertiary/aromatic N) is 1. The fourth-order valence-corrected chi connectivity index (χ4v) is 1.87. The van der Waals surface area contributed by atoms with Crippen LogP contribution in [0.4, 0.5) is 0 Å². The van der Waals surface area contributed by atoms with Crippen molar-refractivity contribution in [3.63, 3.8) is 0 Å². The van der Waals surface area contributed by atoms with E-state index in [2.05, 4.69) is 0 Å². The smallest absolute Gasteiger partial charge is 0.224 e. The molecule has 0 saturated carbocycles. The SMILES string of the molecule is CCC(N)CC(=O)N(C)Cc1ccc(OC)c(OC)c1. The molecule has 0 spiro atoms.